The molecule has 0 spiro atoms. The first-order chi connectivity index (χ1) is 9.63. The highest BCUT2D eigenvalue weighted by Gasteiger charge is 2.15. The molecule has 0 amide bonds. The highest BCUT2D eigenvalue weighted by atomic mass is 15.3. The zero-order valence-corrected chi connectivity index (χ0v) is 13.0. The van der Waals surface area contributed by atoms with Crippen LogP contribution in [0.1, 0.15) is 42.3 Å². The predicted molar refractivity (Wildman–Crippen MR) is 83.9 cm³/mol. The van der Waals surface area contributed by atoms with Crippen molar-refractivity contribution in [1.82, 2.24) is 15.1 Å². The molecule has 20 heavy (non-hydrogen) atoms. The molecule has 2 rings (SSSR count). The minimum atomic E-state index is 0.323. The molecular formula is C17H25N3. The van der Waals surface area contributed by atoms with E-state index in [0.29, 0.717) is 6.04 Å². The lowest BCUT2D eigenvalue weighted by molar-refractivity contribution is 0.490. The minimum absolute atomic E-state index is 0.323. The van der Waals surface area contributed by atoms with Gasteiger partial charge in [-0.15, -0.1) is 0 Å². The summed E-state index contributed by atoms with van der Waals surface area (Å²) in [5.41, 5.74) is 5.32. The lowest BCUT2D eigenvalue weighted by Crippen LogP contribution is -2.25. The monoisotopic (exact) mass is 271 g/mol. The second-order valence-electron chi connectivity index (χ2n) is 5.38. The van der Waals surface area contributed by atoms with Crippen molar-refractivity contribution in [3.63, 3.8) is 0 Å². The second kappa shape index (κ2) is 6.71. The molecule has 1 aromatic carbocycles. The first-order valence-electron chi connectivity index (χ1n) is 7.46. The van der Waals surface area contributed by atoms with E-state index in [9.17, 15) is 0 Å². The van der Waals surface area contributed by atoms with Gasteiger partial charge in [-0.25, -0.2) is 0 Å². The van der Waals surface area contributed by atoms with E-state index >= 15 is 0 Å². The third-order valence-corrected chi connectivity index (χ3v) is 3.58. The Morgan fingerprint density at radius 1 is 1.15 bits per heavy atom. The Morgan fingerprint density at radius 3 is 2.45 bits per heavy atom. The quantitative estimate of drug-likeness (QED) is 0.872. The van der Waals surface area contributed by atoms with Crippen molar-refractivity contribution in [3.8, 4) is 0 Å². The van der Waals surface area contributed by atoms with Gasteiger partial charge in [-0.2, -0.15) is 5.10 Å². The fraction of sp³-hybridized carbons (Fsp3) is 0.471. The van der Waals surface area contributed by atoms with Gasteiger partial charge in [0.05, 0.1) is 11.7 Å². The summed E-state index contributed by atoms with van der Waals surface area (Å²) in [6, 6.07) is 9.24. The number of nitrogens with zero attached hydrogens (tertiary/aromatic N) is 2. The van der Waals surface area contributed by atoms with E-state index in [0.717, 1.165) is 19.5 Å². The average molecular weight is 271 g/mol. The third kappa shape index (κ3) is 3.48. The van der Waals surface area contributed by atoms with Gasteiger partial charge < -0.3 is 5.32 Å². The molecule has 0 aliphatic heterocycles. The number of hydrogen-bond donors (Lipinski definition) is 1. The van der Waals surface area contributed by atoms with Crippen molar-refractivity contribution in [1.29, 1.82) is 0 Å². The molecule has 0 saturated carbocycles. The van der Waals surface area contributed by atoms with E-state index in [-0.39, 0.29) is 0 Å². The minimum Gasteiger partial charge on any atom is -0.309 e. The summed E-state index contributed by atoms with van der Waals surface area (Å²) >= 11 is 0. The summed E-state index contributed by atoms with van der Waals surface area (Å²) in [5.74, 6) is 0. The zero-order valence-electron chi connectivity index (χ0n) is 13.0. The summed E-state index contributed by atoms with van der Waals surface area (Å²) in [6.45, 7) is 10.5. The smallest absolute Gasteiger partial charge is 0.0556 e. The summed E-state index contributed by atoms with van der Waals surface area (Å²) in [4.78, 5) is 0. The highest BCUT2D eigenvalue weighted by Crippen LogP contribution is 2.20. The number of hydrogen-bond acceptors (Lipinski definition) is 2. The van der Waals surface area contributed by atoms with Crippen molar-refractivity contribution >= 4 is 0 Å². The van der Waals surface area contributed by atoms with E-state index in [1.807, 2.05) is 6.20 Å². The standard InChI is InChI=1S/C17H25N3/c1-5-18-16(17-7-8-19-20(17)6-2)12-15-10-13(3)9-14(4)11-15/h7-11,16,18H,5-6,12H2,1-4H3. The van der Waals surface area contributed by atoms with E-state index in [1.54, 1.807) is 0 Å². The van der Waals surface area contributed by atoms with Gasteiger partial charge >= 0.3 is 0 Å². The van der Waals surface area contributed by atoms with Gasteiger partial charge in [0.25, 0.3) is 0 Å². The van der Waals surface area contributed by atoms with Crippen LogP contribution in [0.2, 0.25) is 0 Å². The van der Waals surface area contributed by atoms with Gasteiger partial charge in [0.1, 0.15) is 0 Å². The van der Waals surface area contributed by atoms with Crippen LogP contribution >= 0.6 is 0 Å². The van der Waals surface area contributed by atoms with Gasteiger partial charge in [-0.05, 0) is 45.4 Å². The van der Waals surface area contributed by atoms with Crippen LogP contribution in [0, 0.1) is 13.8 Å². The maximum atomic E-state index is 4.39. The Labute approximate surface area is 122 Å². The number of likely N-dealkylation sites (N-methyl/N-ethyl adjacent to an activating group) is 1. The molecule has 1 aromatic heterocycles. The van der Waals surface area contributed by atoms with Crippen molar-refractivity contribution in [3.05, 3.63) is 52.8 Å². The summed E-state index contributed by atoms with van der Waals surface area (Å²) in [5, 5.41) is 7.98. The lowest BCUT2D eigenvalue weighted by Gasteiger charge is -2.19. The van der Waals surface area contributed by atoms with Crippen LogP contribution in [0.5, 0.6) is 0 Å². The van der Waals surface area contributed by atoms with Crippen LogP contribution < -0.4 is 5.32 Å². The molecular weight excluding hydrogens is 246 g/mol. The van der Waals surface area contributed by atoms with Gasteiger partial charge in [0, 0.05) is 12.7 Å². The molecule has 1 unspecified atom stereocenters. The van der Waals surface area contributed by atoms with Crippen LogP contribution in [0.3, 0.4) is 0 Å². The molecule has 0 fully saturated rings. The molecule has 0 saturated heterocycles. The van der Waals surface area contributed by atoms with E-state index < -0.39 is 0 Å². The molecule has 0 aliphatic carbocycles. The van der Waals surface area contributed by atoms with E-state index in [2.05, 4.69) is 67.1 Å². The molecule has 1 N–H and O–H groups in total. The third-order valence-electron chi connectivity index (χ3n) is 3.58. The molecule has 0 bridgehead atoms. The van der Waals surface area contributed by atoms with Crippen LogP contribution in [0.25, 0.3) is 0 Å². The largest absolute Gasteiger partial charge is 0.309 e. The first kappa shape index (κ1) is 14.8. The fourth-order valence-electron chi connectivity index (χ4n) is 2.85. The van der Waals surface area contributed by atoms with Crippen LogP contribution in [0.15, 0.2) is 30.5 Å². The molecule has 2 aromatic rings. The molecule has 3 heteroatoms. The van der Waals surface area contributed by atoms with E-state index in [1.165, 1.54) is 22.4 Å². The maximum Gasteiger partial charge on any atom is 0.0556 e. The Balaban J connectivity index is 2.25. The zero-order chi connectivity index (χ0) is 14.5. The summed E-state index contributed by atoms with van der Waals surface area (Å²) < 4.78 is 2.08. The molecule has 3 nitrogen and oxygen atoms in total. The van der Waals surface area contributed by atoms with Gasteiger partial charge in [-0.3, -0.25) is 4.68 Å². The van der Waals surface area contributed by atoms with Crippen molar-refractivity contribution in [2.24, 2.45) is 0 Å². The SMILES string of the molecule is CCNC(Cc1cc(C)cc(C)c1)c1ccnn1CC. The van der Waals surface area contributed by atoms with Crippen molar-refractivity contribution < 1.29 is 0 Å². The molecule has 1 atom stereocenters. The highest BCUT2D eigenvalue weighted by molar-refractivity contribution is 5.30. The Hall–Kier alpha value is -1.61. The van der Waals surface area contributed by atoms with Crippen LogP contribution in [-0.4, -0.2) is 16.3 Å². The maximum absolute atomic E-state index is 4.39. The molecule has 1 heterocycles. The summed E-state index contributed by atoms with van der Waals surface area (Å²) in [7, 11) is 0. The topological polar surface area (TPSA) is 29.9 Å². The Kier molecular flexibility index (Phi) is 4.96. The second-order valence-corrected chi connectivity index (χ2v) is 5.38. The van der Waals surface area contributed by atoms with Gasteiger partial charge in [0.15, 0.2) is 0 Å². The number of aryl methyl sites for hydroxylation is 3. The number of nitrogens with one attached hydrogen (secondary N) is 1. The molecule has 0 aliphatic rings. The van der Waals surface area contributed by atoms with Crippen LogP contribution in [0.4, 0.5) is 0 Å². The molecule has 0 radical (unpaired) electrons. The Morgan fingerprint density at radius 2 is 1.85 bits per heavy atom. The number of aromatic nitrogens is 2. The van der Waals surface area contributed by atoms with E-state index in [4.69, 9.17) is 0 Å². The molecule has 108 valence electrons. The fourth-order valence-corrected chi connectivity index (χ4v) is 2.85. The van der Waals surface area contributed by atoms with Crippen LogP contribution in [-0.2, 0) is 13.0 Å². The number of benzene rings is 1. The predicted octanol–water partition coefficient (Wildman–Crippen LogP) is 3.41. The van der Waals surface area contributed by atoms with Gasteiger partial charge in [0.2, 0.25) is 0 Å². The Bertz CT molecular complexity index is 537. The lowest BCUT2D eigenvalue weighted by atomic mass is 9.99. The van der Waals surface area contributed by atoms with Gasteiger partial charge in [-0.1, -0.05) is 36.2 Å². The average Bonchev–Trinajstić information content (AvgIpc) is 2.85. The number of rotatable bonds is 6. The normalized spacial score (nSPS) is 12.6. The van der Waals surface area contributed by atoms with Crippen molar-refractivity contribution in [2.45, 2.75) is 46.7 Å². The van der Waals surface area contributed by atoms with Crippen molar-refractivity contribution in [2.75, 3.05) is 6.54 Å². The first-order valence-corrected chi connectivity index (χ1v) is 7.46. The summed E-state index contributed by atoms with van der Waals surface area (Å²) in [6.07, 6.45) is 2.90.